The van der Waals surface area contributed by atoms with Crippen molar-refractivity contribution in [2.45, 2.75) is 44.6 Å². The molecule has 1 aromatic heterocycles. The van der Waals surface area contributed by atoms with E-state index in [0.29, 0.717) is 5.92 Å². The fraction of sp³-hybridized carbons (Fsp3) is 0.471. The Bertz CT molecular complexity index is 536. The van der Waals surface area contributed by atoms with Crippen LogP contribution in [0.5, 0.6) is 0 Å². The summed E-state index contributed by atoms with van der Waals surface area (Å²) in [6, 6.07) is 10.6. The number of benzene rings is 1. The predicted molar refractivity (Wildman–Crippen MR) is 79.9 cm³/mol. The number of nitrogens with zero attached hydrogens (tertiary/aromatic N) is 1. The Morgan fingerprint density at radius 3 is 2.53 bits per heavy atom. The minimum Gasteiger partial charge on any atom is -0.324 e. The van der Waals surface area contributed by atoms with Crippen molar-refractivity contribution in [1.82, 2.24) is 4.98 Å². The summed E-state index contributed by atoms with van der Waals surface area (Å²) < 4.78 is 0. The van der Waals surface area contributed by atoms with E-state index in [9.17, 15) is 0 Å². The number of hydrogen-bond donors (Lipinski definition) is 1. The Labute approximate surface area is 115 Å². The normalized spacial score (nSPS) is 19.2. The van der Waals surface area contributed by atoms with Crippen LogP contribution in [0.4, 0.5) is 0 Å². The fourth-order valence-corrected chi connectivity index (χ4v) is 3.32. The van der Waals surface area contributed by atoms with Gasteiger partial charge in [0.1, 0.15) is 0 Å². The molecular formula is C17H22N2. The van der Waals surface area contributed by atoms with Crippen LogP contribution >= 0.6 is 0 Å². The lowest BCUT2D eigenvalue weighted by Gasteiger charge is -2.23. The number of pyridine rings is 1. The first-order valence-corrected chi connectivity index (χ1v) is 7.45. The highest BCUT2D eigenvalue weighted by Gasteiger charge is 2.22. The summed E-state index contributed by atoms with van der Waals surface area (Å²) >= 11 is 0. The molecule has 1 fully saturated rings. The molecule has 1 heterocycles. The summed E-state index contributed by atoms with van der Waals surface area (Å²) in [7, 11) is 0. The lowest BCUT2D eigenvalue weighted by atomic mass is 9.87. The standard InChI is InChI=1S/C17H22N2/c18-16(13-7-3-1-2-4-8-13)15-11-5-9-14-10-6-12-19-17(14)15/h5-6,9-13,16H,1-4,7-8,18H2. The van der Waals surface area contributed by atoms with Crippen LogP contribution in [0.2, 0.25) is 0 Å². The zero-order valence-electron chi connectivity index (χ0n) is 11.4. The van der Waals surface area contributed by atoms with Crippen LogP contribution in [0.25, 0.3) is 10.9 Å². The Kier molecular flexibility index (Phi) is 3.79. The lowest BCUT2D eigenvalue weighted by Crippen LogP contribution is -2.21. The van der Waals surface area contributed by atoms with Gasteiger partial charge >= 0.3 is 0 Å². The first-order chi connectivity index (χ1) is 9.36. The number of fused-ring (bicyclic) bond motifs is 1. The molecule has 2 N–H and O–H groups in total. The summed E-state index contributed by atoms with van der Waals surface area (Å²) in [5.74, 6) is 0.620. The molecule has 1 aromatic carbocycles. The minimum absolute atomic E-state index is 0.136. The van der Waals surface area contributed by atoms with Gasteiger partial charge in [0.15, 0.2) is 0 Å². The molecule has 3 rings (SSSR count). The van der Waals surface area contributed by atoms with E-state index in [0.717, 1.165) is 5.52 Å². The van der Waals surface area contributed by atoms with Gasteiger partial charge in [-0.2, -0.15) is 0 Å². The monoisotopic (exact) mass is 254 g/mol. The highest BCUT2D eigenvalue weighted by atomic mass is 14.7. The number of rotatable bonds is 2. The van der Waals surface area contributed by atoms with Crippen LogP contribution in [-0.2, 0) is 0 Å². The van der Waals surface area contributed by atoms with E-state index in [4.69, 9.17) is 5.73 Å². The Balaban J connectivity index is 1.94. The zero-order chi connectivity index (χ0) is 13.1. The summed E-state index contributed by atoms with van der Waals surface area (Å²) in [5.41, 5.74) is 8.88. The number of nitrogens with two attached hydrogens (primary N) is 1. The molecule has 2 nitrogen and oxygen atoms in total. The SMILES string of the molecule is NC(c1cccc2cccnc12)C1CCCCCC1. The molecular weight excluding hydrogens is 232 g/mol. The van der Waals surface area contributed by atoms with Crippen molar-refractivity contribution >= 4 is 10.9 Å². The third-order valence-electron chi connectivity index (χ3n) is 4.43. The second-order valence-electron chi connectivity index (χ2n) is 5.70. The van der Waals surface area contributed by atoms with E-state index in [1.54, 1.807) is 0 Å². The van der Waals surface area contributed by atoms with Gasteiger partial charge in [-0.25, -0.2) is 0 Å². The van der Waals surface area contributed by atoms with Gasteiger partial charge in [-0.15, -0.1) is 0 Å². The summed E-state index contributed by atoms with van der Waals surface area (Å²) in [5, 5.41) is 1.20. The topological polar surface area (TPSA) is 38.9 Å². The van der Waals surface area contributed by atoms with E-state index in [1.807, 2.05) is 12.3 Å². The highest BCUT2D eigenvalue weighted by Crippen LogP contribution is 2.34. The van der Waals surface area contributed by atoms with Crippen LogP contribution in [0, 0.1) is 5.92 Å². The van der Waals surface area contributed by atoms with Crippen molar-refractivity contribution < 1.29 is 0 Å². The molecule has 1 unspecified atom stereocenters. The minimum atomic E-state index is 0.136. The van der Waals surface area contributed by atoms with Crippen LogP contribution < -0.4 is 5.73 Å². The molecule has 1 atom stereocenters. The fourth-order valence-electron chi connectivity index (χ4n) is 3.32. The third-order valence-corrected chi connectivity index (χ3v) is 4.43. The number of para-hydroxylation sites is 1. The van der Waals surface area contributed by atoms with Crippen molar-refractivity contribution in [2.24, 2.45) is 11.7 Å². The molecule has 19 heavy (non-hydrogen) atoms. The smallest absolute Gasteiger partial charge is 0.0749 e. The molecule has 0 spiro atoms. The zero-order valence-corrected chi connectivity index (χ0v) is 11.4. The van der Waals surface area contributed by atoms with Gasteiger partial charge in [0.2, 0.25) is 0 Å². The molecule has 0 aliphatic heterocycles. The van der Waals surface area contributed by atoms with Gasteiger partial charge in [-0.1, -0.05) is 49.9 Å². The number of hydrogen-bond acceptors (Lipinski definition) is 2. The molecule has 0 saturated heterocycles. The Morgan fingerprint density at radius 1 is 1.00 bits per heavy atom. The van der Waals surface area contributed by atoms with E-state index in [2.05, 4.69) is 29.2 Å². The van der Waals surface area contributed by atoms with Crippen molar-refractivity contribution in [3.05, 3.63) is 42.1 Å². The molecule has 0 radical (unpaired) electrons. The molecule has 0 bridgehead atoms. The summed E-state index contributed by atoms with van der Waals surface area (Å²) in [4.78, 5) is 4.54. The molecule has 2 heteroatoms. The lowest BCUT2D eigenvalue weighted by molar-refractivity contribution is 0.384. The molecule has 0 amide bonds. The van der Waals surface area contributed by atoms with Crippen molar-refractivity contribution in [3.63, 3.8) is 0 Å². The van der Waals surface area contributed by atoms with E-state index >= 15 is 0 Å². The molecule has 1 aliphatic rings. The second kappa shape index (κ2) is 5.70. The van der Waals surface area contributed by atoms with E-state index in [1.165, 1.54) is 49.5 Å². The summed E-state index contributed by atoms with van der Waals surface area (Å²) in [6.45, 7) is 0. The Morgan fingerprint density at radius 2 is 1.74 bits per heavy atom. The van der Waals surface area contributed by atoms with E-state index in [-0.39, 0.29) is 6.04 Å². The van der Waals surface area contributed by atoms with Gasteiger partial charge in [0.25, 0.3) is 0 Å². The van der Waals surface area contributed by atoms with Crippen molar-refractivity contribution in [3.8, 4) is 0 Å². The molecule has 100 valence electrons. The maximum Gasteiger partial charge on any atom is 0.0749 e. The molecule has 2 aromatic rings. The van der Waals surface area contributed by atoms with Gasteiger partial charge in [0.05, 0.1) is 5.52 Å². The maximum atomic E-state index is 6.57. The summed E-state index contributed by atoms with van der Waals surface area (Å²) in [6.07, 6.45) is 9.81. The predicted octanol–water partition coefficient (Wildman–Crippen LogP) is 4.21. The average Bonchev–Trinajstić information content (AvgIpc) is 2.75. The maximum absolute atomic E-state index is 6.57. The Hall–Kier alpha value is -1.41. The van der Waals surface area contributed by atoms with E-state index < -0.39 is 0 Å². The van der Waals surface area contributed by atoms with Crippen LogP contribution in [0.3, 0.4) is 0 Å². The first kappa shape index (κ1) is 12.6. The van der Waals surface area contributed by atoms with Crippen LogP contribution in [0.15, 0.2) is 36.5 Å². The van der Waals surface area contributed by atoms with Gasteiger partial charge in [-0.05, 0) is 30.4 Å². The van der Waals surface area contributed by atoms with Gasteiger partial charge in [0, 0.05) is 17.6 Å². The average molecular weight is 254 g/mol. The molecule has 1 saturated carbocycles. The second-order valence-corrected chi connectivity index (χ2v) is 5.70. The van der Waals surface area contributed by atoms with Gasteiger partial charge in [-0.3, -0.25) is 4.98 Å². The largest absolute Gasteiger partial charge is 0.324 e. The van der Waals surface area contributed by atoms with Gasteiger partial charge < -0.3 is 5.73 Å². The van der Waals surface area contributed by atoms with Crippen LogP contribution in [0.1, 0.15) is 50.1 Å². The molecule has 1 aliphatic carbocycles. The van der Waals surface area contributed by atoms with Crippen molar-refractivity contribution in [2.75, 3.05) is 0 Å². The van der Waals surface area contributed by atoms with Crippen LogP contribution in [-0.4, -0.2) is 4.98 Å². The number of aromatic nitrogens is 1. The third kappa shape index (κ3) is 2.64. The quantitative estimate of drug-likeness (QED) is 0.815. The first-order valence-electron chi connectivity index (χ1n) is 7.45. The van der Waals surface area contributed by atoms with Crippen molar-refractivity contribution in [1.29, 1.82) is 0 Å². The highest BCUT2D eigenvalue weighted by molar-refractivity contribution is 5.82.